The molecule has 0 radical (unpaired) electrons. The van der Waals surface area contributed by atoms with Gasteiger partial charge in [-0.1, -0.05) is 0 Å². The van der Waals surface area contributed by atoms with Gasteiger partial charge in [-0.05, 0) is 12.1 Å². The van der Waals surface area contributed by atoms with Crippen molar-refractivity contribution in [3.8, 4) is 0 Å². The highest BCUT2D eigenvalue weighted by atomic mass is 32.2. The van der Waals surface area contributed by atoms with Crippen LogP contribution in [0.15, 0.2) is 18.3 Å². The highest BCUT2D eigenvalue weighted by Gasteiger charge is 2.13. The number of thioether (sulfide) groups is 1. The first-order valence-corrected chi connectivity index (χ1v) is 7.68. The Kier molecular flexibility index (Phi) is 5.47. The molecule has 1 saturated heterocycles. The van der Waals surface area contributed by atoms with Gasteiger partial charge in [0.25, 0.3) is 5.91 Å². The van der Waals surface area contributed by atoms with Gasteiger partial charge >= 0.3 is 0 Å². The van der Waals surface area contributed by atoms with Gasteiger partial charge in [-0.3, -0.25) is 9.69 Å². The molecule has 19 heavy (non-hydrogen) atoms. The van der Waals surface area contributed by atoms with Crippen molar-refractivity contribution < 1.29 is 4.79 Å². The van der Waals surface area contributed by atoms with E-state index in [2.05, 4.69) is 20.5 Å². The smallest absolute Gasteiger partial charge is 0.255 e. The molecule has 1 aromatic rings. The Morgan fingerprint density at radius 3 is 3.00 bits per heavy atom. The van der Waals surface area contributed by atoms with Crippen LogP contribution in [-0.2, 0) is 0 Å². The van der Waals surface area contributed by atoms with Crippen LogP contribution in [0.4, 0.5) is 5.82 Å². The van der Waals surface area contributed by atoms with Gasteiger partial charge in [0.05, 0.1) is 5.56 Å². The molecule has 0 saturated carbocycles. The lowest BCUT2D eigenvalue weighted by molar-refractivity contribution is 0.0949. The molecule has 2 rings (SSSR count). The summed E-state index contributed by atoms with van der Waals surface area (Å²) in [5.74, 6) is 2.94. The van der Waals surface area contributed by atoms with E-state index in [0.717, 1.165) is 19.6 Å². The highest BCUT2D eigenvalue weighted by Crippen LogP contribution is 2.10. The zero-order chi connectivity index (χ0) is 13.5. The number of hydrogen-bond donors (Lipinski definition) is 2. The summed E-state index contributed by atoms with van der Waals surface area (Å²) in [7, 11) is 1.77. The maximum absolute atomic E-state index is 12.1. The first kappa shape index (κ1) is 14.1. The molecular weight excluding hydrogens is 260 g/mol. The predicted octanol–water partition coefficient (Wildman–Crippen LogP) is 0.902. The topological polar surface area (TPSA) is 57.3 Å². The number of nitrogens with zero attached hydrogens (tertiary/aromatic N) is 2. The fourth-order valence-corrected chi connectivity index (χ4v) is 3.01. The Bertz CT molecular complexity index is 421. The summed E-state index contributed by atoms with van der Waals surface area (Å²) < 4.78 is 0. The van der Waals surface area contributed by atoms with Gasteiger partial charge in [0.2, 0.25) is 0 Å². The van der Waals surface area contributed by atoms with Gasteiger partial charge in [0, 0.05) is 50.9 Å². The summed E-state index contributed by atoms with van der Waals surface area (Å²) in [6, 6.07) is 3.56. The Balaban J connectivity index is 1.80. The number of nitrogens with one attached hydrogen (secondary N) is 2. The molecule has 2 heterocycles. The minimum atomic E-state index is -0.0659. The summed E-state index contributed by atoms with van der Waals surface area (Å²) in [6.45, 7) is 3.84. The van der Waals surface area contributed by atoms with E-state index in [1.807, 2.05) is 11.8 Å². The second kappa shape index (κ2) is 7.35. The van der Waals surface area contributed by atoms with Crippen molar-refractivity contribution in [2.75, 3.05) is 50.0 Å². The second-order valence-corrected chi connectivity index (χ2v) is 5.58. The minimum absolute atomic E-state index is 0.0659. The molecule has 1 amide bonds. The molecule has 104 valence electrons. The number of carbonyl (C=O) groups excluding carboxylic acids is 1. The monoisotopic (exact) mass is 280 g/mol. The standard InChI is InChI=1S/C13H20N4OS/c1-14-12-11(3-2-4-15-12)13(18)16-5-6-17-7-9-19-10-8-17/h2-4H,5-10H2,1H3,(H,14,15)(H,16,18). The Hall–Kier alpha value is -1.27. The molecule has 0 atom stereocenters. The van der Waals surface area contributed by atoms with Crippen molar-refractivity contribution >= 4 is 23.5 Å². The normalized spacial score (nSPS) is 16.1. The fraction of sp³-hybridized carbons (Fsp3) is 0.538. The van der Waals surface area contributed by atoms with E-state index < -0.39 is 0 Å². The van der Waals surface area contributed by atoms with Gasteiger partial charge in [-0.15, -0.1) is 0 Å². The maximum atomic E-state index is 12.1. The van der Waals surface area contributed by atoms with Crippen molar-refractivity contribution in [2.24, 2.45) is 0 Å². The number of hydrogen-bond acceptors (Lipinski definition) is 5. The van der Waals surface area contributed by atoms with E-state index in [4.69, 9.17) is 0 Å². The molecule has 0 aliphatic carbocycles. The second-order valence-electron chi connectivity index (χ2n) is 4.36. The summed E-state index contributed by atoms with van der Waals surface area (Å²) in [4.78, 5) is 18.6. The molecule has 0 unspecified atom stereocenters. The molecule has 6 heteroatoms. The molecule has 2 N–H and O–H groups in total. The molecule has 0 bridgehead atoms. The number of aromatic nitrogens is 1. The SMILES string of the molecule is CNc1ncccc1C(=O)NCCN1CCSCC1. The van der Waals surface area contributed by atoms with Crippen LogP contribution in [0, 0.1) is 0 Å². The molecule has 5 nitrogen and oxygen atoms in total. The maximum Gasteiger partial charge on any atom is 0.255 e. The third kappa shape index (κ3) is 4.11. The third-order valence-electron chi connectivity index (χ3n) is 3.11. The number of pyridine rings is 1. The Labute approximate surface area is 118 Å². The summed E-state index contributed by atoms with van der Waals surface area (Å²) >= 11 is 1.99. The molecule has 1 aliphatic heterocycles. The van der Waals surface area contributed by atoms with Crippen LogP contribution in [0.1, 0.15) is 10.4 Å². The zero-order valence-electron chi connectivity index (χ0n) is 11.2. The average molecular weight is 280 g/mol. The van der Waals surface area contributed by atoms with Gasteiger partial charge in [0.1, 0.15) is 5.82 Å². The van der Waals surface area contributed by atoms with Crippen LogP contribution >= 0.6 is 11.8 Å². The number of amides is 1. The lowest BCUT2D eigenvalue weighted by atomic mass is 10.2. The first-order valence-electron chi connectivity index (χ1n) is 6.52. The van der Waals surface area contributed by atoms with Crippen molar-refractivity contribution in [1.29, 1.82) is 0 Å². The van der Waals surface area contributed by atoms with Gasteiger partial charge in [0.15, 0.2) is 0 Å². The van der Waals surface area contributed by atoms with E-state index in [1.54, 1.807) is 25.4 Å². The largest absolute Gasteiger partial charge is 0.372 e. The van der Waals surface area contributed by atoms with Crippen LogP contribution in [0.3, 0.4) is 0 Å². The third-order valence-corrected chi connectivity index (χ3v) is 4.05. The van der Waals surface area contributed by atoms with Crippen LogP contribution in [0.2, 0.25) is 0 Å². The number of anilines is 1. The molecule has 0 spiro atoms. The van der Waals surface area contributed by atoms with E-state index in [-0.39, 0.29) is 5.91 Å². The van der Waals surface area contributed by atoms with Crippen molar-refractivity contribution in [2.45, 2.75) is 0 Å². The van der Waals surface area contributed by atoms with Crippen LogP contribution in [0.25, 0.3) is 0 Å². The van der Waals surface area contributed by atoms with Crippen molar-refractivity contribution in [3.05, 3.63) is 23.9 Å². The lowest BCUT2D eigenvalue weighted by Gasteiger charge is -2.26. The minimum Gasteiger partial charge on any atom is -0.372 e. The van der Waals surface area contributed by atoms with E-state index in [9.17, 15) is 4.79 Å². The zero-order valence-corrected chi connectivity index (χ0v) is 12.0. The van der Waals surface area contributed by atoms with Crippen LogP contribution in [-0.4, -0.2) is 60.5 Å². The Morgan fingerprint density at radius 2 is 2.26 bits per heavy atom. The Morgan fingerprint density at radius 1 is 1.47 bits per heavy atom. The van der Waals surface area contributed by atoms with E-state index >= 15 is 0 Å². The van der Waals surface area contributed by atoms with Crippen LogP contribution in [0.5, 0.6) is 0 Å². The summed E-state index contributed by atoms with van der Waals surface area (Å²) in [5.41, 5.74) is 0.596. The quantitative estimate of drug-likeness (QED) is 0.839. The molecule has 1 aromatic heterocycles. The average Bonchev–Trinajstić information content (AvgIpc) is 2.48. The van der Waals surface area contributed by atoms with Gasteiger partial charge in [-0.25, -0.2) is 4.98 Å². The number of rotatable bonds is 5. The first-order chi connectivity index (χ1) is 9.31. The van der Waals surface area contributed by atoms with Crippen molar-refractivity contribution in [1.82, 2.24) is 15.2 Å². The molecule has 0 aromatic carbocycles. The van der Waals surface area contributed by atoms with Gasteiger partial charge < -0.3 is 10.6 Å². The highest BCUT2D eigenvalue weighted by molar-refractivity contribution is 7.99. The fourth-order valence-electron chi connectivity index (χ4n) is 2.04. The van der Waals surface area contributed by atoms with Crippen LogP contribution < -0.4 is 10.6 Å². The van der Waals surface area contributed by atoms with Gasteiger partial charge in [-0.2, -0.15) is 11.8 Å². The van der Waals surface area contributed by atoms with E-state index in [1.165, 1.54) is 11.5 Å². The van der Waals surface area contributed by atoms with Crippen molar-refractivity contribution in [3.63, 3.8) is 0 Å². The molecule has 1 aliphatic rings. The summed E-state index contributed by atoms with van der Waals surface area (Å²) in [6.07, 6.45) is 1.67. The molecule has 1 fully saturated rings. The predicted molar refractivity (Wildman–Crippen MR) is 79.9 cm³/mol. The lowest BCUT2D eigenvalue weighted by Crippen LogP contribution is -2.39. The van der Waals surface area contributed by atoms with E-state index in [0.29, 0.717) is 17.9 Å². The molecular formula is C13H20N4OS. The number of carbonyl (C=O) groups is 1. The summed E-state index contributed by atoms with van der Waals surface area (Å²) in [5, 5.41) is 5.88.